The zero-order valence-electron chi connectivity index (χ0n) is 51.1. The SMILES string of the molecule is [2H]c1c([2H])c([2H])c(-c2cccc(-c3c([2H])c([2H])c([2H])c([2H])c3[2H])c2-c2ccc3c(c2)c2ccccc2n3-c2cccc3c2C2c4ccccc4C3c3cccc([Si](c4ccccc4)(c4ccccc4)c4cccc(-c5ccccc5)c4)c32)c([2H])c1[2H]. The monoisotopic (exact) mass is 991 g/mol. The van der Waals surface area contributed by atoms with Crippen LogP contribution in [0.2, 0.25) is 0 Å². The topological polar surface area (TPSA) is 4.93 Å². The second kappa shape index (κ2) is 18.0. The number of fused-ring (bicyclic) bond motifs is 3. The van der Waals surface area contributed by atoms with Crippen LogP contribution in [0.25, 0.3) is 72.0 Å². The third kappa shape index (κ3) is 6.71. The first-order valence-electron chi connectivity index (χ1n) is 30.8. The summed E-state index contributed by atoms with van der Waals surface area (Å²) in [5.41, 5.74) is 14.2. The molecule has 1 nitrogen and oxygen atoms in total. The van der Waals surface area contributed by atoms with Crippen molar-refractivity contribution in [1.29, 1.82) is 0 Å². The predicted octanol–water partition coefficient (Wildman–Crippen LogP) is 15.8. The van der Waals surface area contributed by atoms with Gasteiger partial charge in [0.05, 0.1) is 30.4 Å². The van der Waals surface area contributed by atoms with Gasteiger partial charge in [0.15, 0.2) is 8.07 Å². The van der Waals surface area contributed by atoms with Crippen LogP contribution in [0, 0.1) is 0 Å². The molecule has 356 valence electrons. The Labute approximate surface area is 459 Å². The number of rotatable bonds is 9. The van der Waals surface area contributed by atoms with E-state index in [0.717, 1.165) is 38.6 Å². The molecule has 16 rings (SSSR count). The molecule has 0 amide bonds. The number of aromatic nitrogens is 1. The van der Waals surface area contributed by atoms with Crippen molar-refractivity contribution in [2.24, 2.45) is 0 Å². The Kier molecular flexibility index (Phi) is 8.26. The first-order chi connectivity index (χ1) is 41.9. The first-order valence-corrected chi connectivity index (χ1v) is 27.8. The summed E-state index contributed by atoms with van der Waals surface area (Å²) in [5, 5.41) is 6.99. The van der Waals surface area contributed by atoms with Crippen LogP contribution in [0.15, 0.2) is 297 Å². The van der Waals surface area contributed by atoms with Crippen LogP contribution < -0.4 is 20.7 Å². The molecular weight excluding hydrogens is 931 g/mol. The van der Waals surface area contributed by atoms with E-state index in [-0.39, 0.29) is 34.1 Å². The summed E-state index contributed by atoms with van der Waals surface area (Å²) >= 11 is 0. The van der Waals surface area contributed by atoms with E-state index in [1.54, 1.807) is 18.2 Å². The van der Waals surface area contributed by atoms with Crippen molar-refractivity contribution < 1.29 is 13.7 Å². The van der Waals surface area contributed by atoms with Gasteiger partial charge < -0.3 is 4.57 Å². The lowest BCUT2D eigenvalue weighted by Crippen LogP contribution is -2.75. The smallest absolute Gasteiger partial charge is 0.179 e. The van der Waals surface area contributed by atoms with Gasteiger partial charge in [0.2, 0.25) is 0 Å². The first kappa shape index (κ1) is 35.0. The summed E-state index contributed by atoms with van der Waals surface area (Å²) in [6.45, 7) is 0. The highest BCUT2D eigenvalue weighted by molar-refractivity contribution is 7.20. The molecule has 0 spiro atoms. The lowest BCUT2D eigenvalue weighted by molar-refractivity contribution is 0.752. The maximum Gasteiger partial charge on any atom is 0.179 e. The normalized spacial score (nSPS) is 16.2. The number of hydrogen-bond acceptors (Lipinski definition) is 0. The van der Waals surface area contributed by atoms with Crippen molar-refractivity contribution in [3.05, 3.63) is 330 Å². The second-order valence-electron chi connectivity index (χ2n) is 19.8. The van der Waals surface area contributed by atoms with Crippen molar-refractivity contribution in [2.75, 3.05) is 0 Å². The molecule has 0 N–H and O–H groups in total. The molecule has 76 heavy (non-hydrogen) atoms. The summed E-state index contributed by atoms with van der Waals surface area (Å²) in [5.74, 6) is -0.295. The average Bonchev–Trinajstić information content (AvgIpc) is 0.832. The molecule has 2 unspecified atom stereocenters. The Morgan fingerprint density at radius 3 is 1.53 bits per heavy atom. The lowest BCUT2D eigenvalue weighted by Gasteiger charge is -2.47. The van der Waals surface area contributed by atoms with E-state index >= 15 is 0 Å². The molecule has 0 saturated carbocycles. The van der Waals surface area contributed by atoms with E-state index in [4.69, 9.17) is 8.22 Å². The van der Waals surface area contributed by atoms with Gasteiger partial charge in [0.1, 0.15) is 0 Å². The molecule has 0 fully saturated rings. The van der Waals surface area contributed by atoms with Crippen molar-refractivity contribution in [3.8, 4) is 50.2 Å². The fraction of sp³-hybridized carbons (Fsp3) is 0.0270. The van der Waals surface area contributed by atoms with Gasteiger partial charge in [0.25, 0.3) is 0 Å². The van der Waals surface area contributed by atoms with Crippen molar-refractivity contribution in [2.45, 2.75) is 11.8 Å². The van der Waals surface area contributed by atoms with Gasteiger partial charge in [-0.05, 0) is 123 Å². The van der Waals surface area contributed by atoms with Gasteiger partial charge in [-0.2, -0.15) is 0 Å². The van der Waals surface area contributed by atoms with Gasteiger partial charge in [0, 0.05) is 22.6 Å². The molecule has 0 radical (unpaired) electrons. The molecule has 2 atom stereocenters. The molecule has 2 bridgehead atoms. The molecular formula is C74H51NSi. The standard InChI is InChI=1S/C74H51NSi/c1-6-24-50(25-7-1)53-30-20-35-57(48-53)76(55-31-12-4-13-32-55,56-33-14-5-15-34-56)69-45-23-42-64-71-61-37-16-17-38-62(61)74(73(64)69)72-63(71)41-22-44-68(72)75-66-43-19-18-36-60(66)65-49-54(46-47-67(65)75)70-58(51-26-8-2-9-27-51)39-21-40-59(70)52-28-10-3-11-29-52/h1-49,71,74H/i2D,3D,8D,9D,10D,11D,26D,27D,28D,29D. The van der Waals surface area contributed by atoms with Gasteiger partial charge >= 0.3 is 0 Å². The number of para-hydroxylation sites is 1. The maximum absolute atomic E-state index is 9.22. The summed E-state index contributed by atoms with van der Waals surface area (Å²) < 4.78 is 91.2. The summed E-state index contributed by atoms with van der Waals surface area (Å²) in [6, 6.07) is 79.5. The maximum atomic E-state index is 9.22. The van der Waals surface area contributed by atoms with Crippen LogP contribution in [0.1, 0.15) is 58.9 Å². The van der Waals surface area contributed by atoms with Crippen LogP contribution in [0.4, 0.5) is 0 Å². The molecule has 0 saturated heterocycles. The average molecular weight is 992 g/mol. The van der Waals surface area contributed by atoms with E-state index in [2.05, 4.69) is 205 Å². The van der Waals surface area contributed by atoms with Gasteiger partial charge in [-0.15, -0.1) is 0 Å². The lowest BCUT2D eigenvalue weighted by atomic mass is 9.60. The summed E-state index contributed by atoms with van der Waals surface area (Å²) in [6.07, 6.45) is 0. The summed E-state index contributed by atoms with van der Waals surface area (Å²) in [4.78, 5) is 0. The van der Waals surface area contributed by atoms with E-state index in [1.807, 2.05) is 18.2 Å². The van der Waals surface area contributed by atoms with E-state index in [9.17, 15) is 5.48 Å². The third-order valence-corrected chi connectivity index (χ3v) is 20.9. The van der Waals surface area contributed by atoms with Crippen LogP contribution in [0.3, 0.4) is 0 Å². The van der Waals surface area contributed by atoms with Gasteiger partial charge in [-0.1, -0.05) is 273 Å². The minimum atomic E-state index is -3.24. The zero-order chi connectivity index (χ0) is 58.9. The second-order valence-corrected chi connectivity index (χ2v) is 23.6. The molecule has 3 aliphatic rings. The van der Waals surface area contributed by atoms with E-state index in [0.29, 0.717) is 11.1 Å². The molecule has 0 aliphatic heterocycles. The van der Waals surface area contributed by atoms with Crippen molar-refractivity contribution in [3.63, 3.8) is 0 Å². The fourth-order valence-electron chi connectivity index (χ4n) is 13.2. The Balaban J connectivity index is 1.00. The van der Waals surface area contributed by atoms with Gasteiger partial charge in [-0.3, -0.25) is 0 Å². The highest BCUT2D eigenvalue weighted by Crippen LogP contribution is 2.57. The number of hydrogen-bond donors (Lipinski definition) is 0. The molecule has 3 aliphatic carbocycles. The van der Waals surface area contributed by atoms with Crippen LogP contribution in [0.5, 0.6) is 0 Å². The van der Waals surface area contributed by atoms with Crippen molar-refractivity contribution >= 4 is 50.6 Å². The molecule has 2 heteroatoms. The largest absolute Gasteiger partial charge is 0.309 e. The minimum absolute atomic E-state index is 0.0656. The number of benzene rings is 12. The Morgan fingerprint density at radius 1 is 0.329 bits per heavy atom. The summed E-state index contributed by atoms with van der Waals surface area (Å²) in [7, 11) is -3.24. The molecule has 12 aromatic carbocycles. The third-order valence-electron chi connectivity index (χ3n) is 16.1. The van der Waals surface area contributed by atoms with E-state index in [1.165, 1.54) is 54.1 Å². The van der Waals surface area contributed by atoms with Crippen LogP contribution >= 0.6 is 0 Å². The minimum Gasteiger partial charge on any atom is -0.309 e. The highest BCUT2D eigenvalue weighted by atomic mass is 28.3. The Hall–Kier alpha value is -9.34. The molecule has 13 aromatic rings. The number of nitrogens with zero attached hydrogens (tertiary/aromatic N) is 1. The molecule has 1 aromatic heterocycles. The fourth-order valence-corrected chi connectivity index (χ4v) is 18.2. The Morgan fingerprint density at radius 2 is 0.842 bits per heavy atom. The highest BCUT2D eigenvalue weighted by Gasteiger charge is 2.50. The van der Waals surface area contributed by atoms with E-state index < -0.39 is 68.5 Å². The van der Waals surface area contributed by atoms with Crippen molar-refractivity contribution in [1.82, 2.24) is 4.57 Å². The predicted molar refractivity (Wildman–Crippen MR) is 321 cm³/mol. The zero-order valence-corrected chi connectivity index (χ0v) is 42.1. The van der Waals surface area contributed by atoms with Gasteiger partial charge in [-0.25, -0.2) is 0 Å². The molecule has 1 heterocycles. The quantitative estimate of drug-likeness (QED) is 0.100. The van der Waals surface area contributed by atoms with Crippen LogP contribution in [-0.2, 0) is 0 Å². The Bertz CT molecular complexity index is 4780. The van der Waals surface area contributed by atoms with Crippen LogP contribution in [-0.4, -0.2) is 12.6 Å².